The third-order valence-electron chi connectivity index (χ3n) is 4.49. The summed E-state index contributed by atoms with van der Waals surface area (Å²) in [4.78, 5) is 30.5. The first-order valence-electron chi connectivity index (χ1n) is 9.25. The van der Waals surface area contributed by atoms with Crippen LogP contribution >= 0.6 is 34.8 Å². The van der Waals surface area contributed by atoms with Gasteiger partial charge in [0.2, 0.25) is 5.91 Å². The van der Waals surface area contributed by atoms with Gasteiger partial charge in [-0.2, -0.15) is 0 Å². The predicted molar refractivity (Wildman–Crippen MR) is 123 cm³/mol. The van der Waals surface area contributed by atoms with E-state index >= 15 is 0 Å². The second-order valence-electron chi connectivity index (χ2n) is 7.84. The Morgan fingerprint density at radius 1 is 0.935 bits per heavy atom. The molecule has 3 aromatic rings. The highest BCUT2D eigenvalue weighted by Crippen LogP contribution is 2.40. The van der Waals surface area contributed by atoms with Crippen LogP contribution < -0.4 is 5.32 Å². The fraction of sp³-hybridized carbons (Fsp3) is 0.174. The molecule has 0 unspecified atom stereocenters. The van der Waals surface area contributed by atoms with Gasteiger partial charge in [0, 0.05) is 28.3 Å². The van der Waals surface area contributed by atoms with Crippen molar-refractivity contribution in [2.45, 2.75) is 20.8 Å². The van der Waals surface area contributed by atoms with Gasteiger partial charge < -0.3 is 5.32 Å². The summed E-state index contributed by atoms with van der Waals surface area (Å²) >= 11 is 18.8. The summed E-state index contributed by atoms with van der Waals surface area (Å²) in [5.41, 5.74) is 0.185. The molecule has 31 heavy (non-hydrogen) atoms. The lowest BCUT2D eigenvalue weighted by molar-refractivity contribution is -0.123. The highest BCUT2D eigenvalue weighted by atomic mass is 35.5. The Labute approximate surface area is 194 Å². The molecule has 0 aliphatic heterocycles. The first-order valence-corrected chi connectivity index (χ1v) is 10.4. The summed E-state index contributed by atoms with van der Waals surface area (Å²) in [5.74, 6) is -1.42. The number of hydrogen-bond acceptors (Lipinski definition) is 3. The van der Waals surface area contributed by atoms with Crippen LogP contribution in [0, 0.1) is 11.2 Å². The third-order valence-corrected chi connectivity index (χ3v) is 5.43. The highest BCUT2D eigenvalue weighted by molar-refractivity contribution is 6.39. The van der Waals surface area contributed by atoms with Crippen LogP contribution in [0.2, 0.25) is 15.1 Å². The quantitative estimate of drug-likeness (QED) is 0.407. The van der Waals surface area contributed by atoms with Crippen molar-refractivity contribution in [1.82, 2.24) is 4.98 Å². The molecule has 0 saturated carbocycles. The van der Waals surface area contributed by atoms with E-state index in [9.17, 15) is 14.0 Å². The number of carbonyl (C=O) groups excluding carboxylic acids is 2. The van der Waals surface area contributed by atoms with E-state index in [-0.39, 0.29) is 33.4 Å². The standard InChI is InChI=1S/C23H18Cl3FN2O2/c1-23(2,3)22(31)29-19-14(21(30)13-8-7-12(27)11-17(13)26)9-10-28-20(19)18-15(24)5-4-6-16(18)25/h4-11H,1-3H3,(H,29,31). The van der Waals surface area contributed by atoms with Crippen molar-refractivity contribution >= 4 is 52.2 Å². The number of nitrogens with one attached hydrogen (secondary N) is 1. The smallest absolute Gasteiger partial charge is 0.229 e. The van der Waals surface area contributed by atoms with Crippen LogP contribution in [0.25, 0.3) is 11.3 Å². The van der Waals surface area contributed by atoms with Crippen LogP contribution in [-0.4, -0.2) is 16.7 Å². The highest BCUT2D eigenvalue weighted by Gasteiger charge is 2.28. The summed E-state index contributed by atoms with van der Waals surface area (Å²) in [5, 5.41) is 3.35. The minimum atomic E-state index is -0.759. The van der Waals surface area contributed by atoms with E-state index in [1.165, 1.54) is 18.3 Å². The Hall–Kier alpha value is -2.47. The number of anilines is 1. The molecule has 4 nitrogen and oxygen atoms in total. The van der Waals surface area contributed by atoms with E-state index in [2.05, 4.69) is 10.3 Å². The number of amides is 1. The Balaban J connectivity index is 2.26. The van der Waals surface area contributed by atoms with Gasteiger partial charge in [0.05, 0.1) is 26.4 Å². The van der Waals surface area contributed by atoms with Crippen LogP contribution in [0.1, 0.15) is 36.7 Å². The van der Waals surface area contributed by atoms with Crippen LogP contribution in [-0.2, 0) is 4.79 Å². The van der Waals surface area contributed by atoms with E-state index < -0.39 is 17.0 Å². The summed E-state index contributed by atoms with van der Waals surface area (Å²) in [6.45, 7) is 5.21. The topological polar surface area (TPSA) is 59.1 Å². The van der Waals surface area contributed by atoms with Crippen LogP contribution in [0.4, 0.5) is 10.1 Å². The number of halogens is 4. The molecule has 0 saturated heterocycles. The summed E-state index contributed by atoms with van der Waals surface area (Å²) in [7, 11) is 0. The van der Waals surface area contributed by atoms with Gasteiger partial charge in [-0.05, 0) is 36.4 Å². The maximum atomic E-state index is 13.5. The van der Waals surface area contributed by atoms with Gasteiger partial charge in [-0.15, -0.1) is 0 Å². The van der Waals surface area contributed by atoms with Gasteiger partial charge in [0.1, 0.15) is 5.82 Å². The number of carbonyl (C=O) groups is 2. The number of aromatic nitrogens is 1. The second kappa shape index (κ2) is 8.95. The molecule has 0 bridgehead atoms. The monoisotopic (exact) mass is 478 g/mol. The molecule has 0 fully saturated rings. The van der Waals surface area contributed by atoms with Crippen molar-refractivity contribution in [2.24, 2.45) is 5.41 Å². The molecule has 0 radical (unpaired) electrons. The Kier molecular flexibility index (Phi) is 6.70. The summed E-state index contributed by atoms with van der Waals surface area (Å²) in [6, 6.07) is 9.87. The maximum Gasteiger partial charge on any atom is 0.229 e. The van der Waals surface area contributed by atoms with E-state index in [0.717, 1.165) is 12.1 Å². The molecule has 8 heteroatoms. The fourth-order valence-electron chi connectivity index (χ4n) is 2.81. The Bertz CT molecular complexity index is 1170. The van der Waals surface area contributed by atoms with Gasteiger partial charge in [0.25, 0.3) is 0 Å². The normalized spacial score (nSPS) is 11.3. The number of pyridine rings is 1. The largest absolute Gasteiger partial charge is 0.323 e. The minimum Gasteiger partial charge on any atom is -0.323 e. The molecule has 1 heterocycles. The Morgan fingerprint density at radius 2 is 1.58 bits per heavy atom. The van der Waals surface area contributed by atoms with E-state index in [1.807, 2.05) is 0 Å². The zero-order chi connectivity index (χ0) is 22.9. The molecule has 3 rings (SSSR count). The predicted octanol–water partition coefficient (Wildman–Crippen LogP) is 7.06. The van der Waals surface area contributed by atoms with Gasteiger partial charge in [-0.25, -0.2) is 4.39 Å². The van der Waals surface area contributed by atoms with Gasteiger partial charge in [-0.1, -0.05) is 61.6 Å². The van der Waals surface area contributed by atoms with Gasteiger partial charge in [-0.3, -0.25) is 14.6 Å². The molecule has 0 spiro atoms. The number of benzene rings is 2. The molecule has 1 amide bonds. The van der Waals surface area contributed by atoms with E-state index in [1.54, 1.807) is 39.0 Å². The SMILES string of the molecule is CC(C)(C)C(=O)Nc1c(C(=O)c2ccc(F)cc2Cl)ccnc1-c1c(Cl)cccc1Cl. The first-order chi connectivity index (χ1) is 14.5. The van der Waals surface area contributed by atoms with Crippen molar-refractivity contribution in [3.8, 4) is 11.3 Å². The molecule has 160 valence electrons. The molecule has 0 atom stereocenters. The zero-order valence-electron chi connectivity index (χ0n) is 16.9. The molecule has 0 aliphatic carbocycles. The average molecular weight is 480 g/mol. The van der Waals surface area contributed by atoms with E-state index in [0.29, 0.717) is 15.6 Å². The Morgan fingerprint density at radius 3 is 2.16 bits per heavy atom. The van der Waals surface area contributed by atoms with Crippen molar-refractivity contribution in [2.75, 3.05) is 5.32 Å². The van der Waals surface area contributed by atoms with Crippen molar-refractivity contribution in [3.63, 3.8) is 0 Å². The van der Waals surface area contributed by atoms with Crippen molar-refractivity contribution in [3.05, 3.63) is 80.7 Å². The number of nitrogens with zero attached hydrogens (tertiary/aromatic N) is 1. The van der Waals surface area contributed by atoms with Crippen molar-refractivity contribution in [1.29, 1.82) is 0 Å². The lowest BCUT2D eigenvalue weighted by Crippen LogP contribution is -2.29. The fourth-order valence-corrected chi connectivity index (χ4v) is 3.64. The van der Waals surface area contributed by atoms with Crippen LogP contribution in [0.3, 0.4) is 0 Å². The molecular formula is C23H18Cl3FN2O2. The molecule has 0 aliphatic rings. The van der Waals surface area contributed by atoms with Crippen LogP contribution in [0.5, 0.6) is 0 Å². The van der Waals surface area contributed by atoms with Gasteiger partial charge in [0.15, 0.2) is 5.78 Å². The van der Waals surface area contributed by atoms with Crippen molar-refractivity contribution < 1.29 is 14.0 Å². The van der Waals surface area contributed by atoms with E-state index in [4.69, 9.17) is 34.8 Å². The lowest BCUT2D eigenvalue weighted by atomic mass is 9.94. The number of ketones is 1. The molecule has 1 N–H and O–H groups in total. The zero-order valence-corrected chi connectivity index (χ0v) is 19.2. The average Bonchev–Trinajstić information content (AvgIpc) is 2.67. The summed E-state index contributed by atoms with van der Waals surface area (Å²) < 4.78 is 13.5. The van der Waals surface area contributed by atoms with Crippen LogP contribution in [0.15, 0.2) is 48.7 Å². The second-order valence-corrected chi connectivity index (χ2v) is 9.06. The molecule has 2 aromatic carbocycles. The minimum absolute atomic E-state index is 0.0489. The van der Waals surface area contributed by atoms with Gasteiger partial charge >= 0.3 is 0 Å². The summed E-state index contributed by atoms with van der Waals surface area (Å²) in [6.07, 6.45) is 1.41. The number of hydrogen-bond donors (Lipinski definition) is 1. The number of rotatable bonds is 4. The lowest BCUT2D eigenvalue weighted by Gasteiger charge is -2.21. The maximum absolute atomic E-state index is 13.5. The molecule has 1 aromatic heterocycles. The molecular weight excluding hydrogens is 462 g/mol. The third kappa shape index (κ3) is 4.90. The first kappa shape index (κ1) is 23.2.